The Morgan fingerprint density at radius 1 is 1.11 bits per heavy atom. The summed E-state index contributed by atoms with van der Waals surface area (Å²) >= 11 is 0. The van der Waals surface area contributed by atoms with Crippen molar-refractivity contribution >= 4 is 0 Å². The van der Waals surface area contributed by atoms with E-state index in [1.54, 1.807) is 0 Å². The van der Waals surface area contributed by atoms with E-state index in [2.05, 4.69) is 49.5 Å². The summed E-state index contributed by atoms with van der Waals surface area (Å²) < 4.78 is 0. The average Bonchev–Trinajstić information content (AvgIpc) is 2.77. The monoisotopic (exact) mass is 243 g/mol. The van der Waals surface area contributed by atoms with Crippen molar-refractivity contribution in [2.75, 3.05) is 6.54 Å². The molecule has 1 aromatic rings. The first-order chi connectivity index (χ1) is 8.64. The molecule has 0 aliphatic heterocycles. The third-order valence-corrected chi connectivity index (χ3v) is 5.97. The van der Waals surface area contributed by atoms with Crippen LogP contribution >= 0.6 is 0 Å². The minimum absolute atomic E-state index is 0.552. The Kier molecular flexibility index (Phi) is 2.97. The van der Waals surface area contributed by atoms with E-state index < -0.39 is 0 Å². The van der Waals surface area contributed by atoms with Crippen LogP contribution in [0.2, 0.25) is 0 Å². The van der Waals surface area contributed by atoms with Gasteiger partial charge >= 0.3 is 0 Å². The summed E-state index contributed by atoms with van der Waals surface area (Å²) in [5, 5.41) is 3.72. The summed E-state index contributed by atoms with van der Waals surface area (Å²) in [7, 11) is 0. The van der Waals surface area contributed by atoms with E-state index in [9.17, 15) is 0 Å². The summed E-state index contributed by atoms with van der Waals surface area (Å²) in [5.41, 5.74) is 2.53. The fraction of sp³-hybridized carbons (Fsp3) is 0.647. The van der Waals surface area contributed by atoms with Crippen LogP contribution in [0.25, 0.3) is 0 Å². The van der Waals surface area contributed by atoms with E-state index in [0.29, 0.717) is 10.8 Å². The molecule has 2 saturated carbocycles. The van der Waals surface area contributed by atoms with E-state index >= 15 is 0 Å². The van der Waals surface area contributed by atoms with Gasteiger partial charge in [-0.2, -0.15) is 0 Å². The van der Waals surface area contributed by atoms with Crippen molar-refractivity contribution in [2.45, 2.75) is 46.1 Å². The Balaban J connectivity index is 1.61. The molecule has 0 atom stereocenters. The number of nitrogens with one attached hydrogen (secondary N) is 1. The Hall–Kier alpha value is -0.820. The zero-order valence-electron chi connectivity index (χ0n) is 11.7. The Bertz CT molecular complexity index is 399. The van der Waals surface area contributed by atoms with Crippen molar-refractivity contribution in [3.05, 3.63) is 35.9 Å². The van der Waals surface area contributed by atoms with Crippen LogP contribution in [-0.4, -0.2) is 6.54 Å². The number of hydrogen-bond donors (Lipinski definition) is 1. The molecule has 0 aromatic heterocycles. The minimum Gasteiger partial charge on any atom is -0.312 e. The lowest BCUT2D eigenvalue weighted by Crippen LogP contribution is -2.39. The van der Waals surface area contributed by atoms with Crippen molar-refractivity contribution in [3.63, 3.8) is 0 Å². The number of benzene rings is 1. The largest absolute Gasteiger partial charge is 0.312 e. The highest BCUT2D eigenvalue weighted by Gasteiger charge is 2.58. The molecule has 1 nitrogen and oxygen atoms in total. The molecule has 0 radical (unpaired) electrons. The molecule has 0 spiro atoms. The lowest BCUT2D eigenvalue weighted by Gasteiger charge is -2.38. The highest BCUT2D eigenvalue weighted by molar-refractivity contribution is 5.15. The van der Waals surface area contributed by atoms with Gasteiger partial charge < -0.3 is 5.32 Å². The van der Waals surface area contributed by atoms with Crippen molar-refractivity contribution in [3.8, 4) is 0 Å². The third-order valence-electron chi connectivity index (χ3n) is 5.97. The molecule has 1 heteroatoms. The van der Waals surface area contributed by atoms with Crippen molar-refractivity contribution in [1.29, 1.82) is 0 Å². The molecule has 0 unspecified atom stereocenters. The second kappa shape index (κ2) is 4.38. The molecular weight excluding hydrogens is 218 g/mol. The van der Waals surface area contributed by atoms with E-state index in [0.717, 1.165) is 12.5 Å². The summed E-state index contributed by atoms with van der Waals surface area (Å²) in [5.74, 6) is 0.982. The Labute approximate surface area is 111 Å². The summed E-state index contributed by atoms with van der Waals surface area (Å²) in [6.45, 7) is 7.22. The predicted octanol–water partition coefficient (Wildman–Crippen LogP) is 3.99. The number of fused-ring (bicyclic) bond motifs is 2. The van der Waals surface area contributed by atoms with Gasteiger partial charge in [-0.3, -0.25) is 0 Å². The molecule has 1 N–H and O–H groups in total. The molecular formula is C17H25N. The molecule has 3 rings (SSSR count). The fourth-order valence-corrected chi connectivity index (χ4v) is 4.42. The van der Waals surface area contributed by atoms with Gasteiger partial charge in [0.1, 0.15) is 0 Å². The van der Waals surface area contributed by atoms with Crippen LogP contribution in [-0.2, 0) is 6.54 Å². The summed E-state index contributed by atoms with van der Waals surface area (Å²) in [6.07, 6.45) is 5.79. The Morgan fingerprint density at radius 2 is 1.78 bits per heavy atom. The average molecular weight is 243 g/mol. The van der Waals surface area contributed by atoms with Crippen LogP contribution in [0.4, 0.5) is 0 Å². The standard InChI is InChI=1S/C17H25N/c1-16(2)15-8-10-17(16,11-9-15)13-18-12-14-6-4-3-5-7-14/h3-7,15,18H,8-13H2,1-2H3. The van der Waals surface area contributed by atoms with Gasteiger partial charge in [-0.1, -0.05) is 44.2 Å². The first-order valence-electron chi connectivity index (χ1n) is 7.39. The maximum absolute atomic E-state index is 3.72. The van der Waals surface area contributed by atoms with Gasteiger partial charge in [0.15, 0.2) is 0 Å². The molecule has 2 fully saturated rings. The molecule has 0 saturated heterocycles. The van der Waals surface area contributed by atoms with Crippen LogP contribution in [0.5, 0.6) is 0 Å². The molecule has 0 heterocycles. The van der Waals surface area contributed by atoms with Gasteiger partial charge in [-0.25, -0.2) is 0 Å². The van der Waals surface area contributed by atoms with Gasteiger partial charge in [-0.05, 0) is 48.0 Å². The van der Waals surface area contributed by atoms with E-state index in [1.807, 2.05) is 0 Å². The van der Waals surface area contributed by atoms with Gasteiger partial charge in [0, 0.05) is 13.1 Å². The van der Waals surface area contributed by atoms with Gasteiger partial charge in [-0.15, -0.1) is 0 Å². The summed E-state index contributed by atoms with van der Waals surface area (Å²) in [6, 6.07) is 10.8. The van der Waals surface area contributed by atoms with E-state index in [1.165, 1.54) is 37.8 Å². The van der Waals surface area contributed by atoms with Crippen LogP contribution in [0, 0.1) is 16.7 Å². The van der Waals surface area contributed by atoms with Crippen molar-refractivity contribution in [2.24, 2.45) is 16.7 Å². The van der Waals surface area contributed by atoms with Crippen LogP contribution < -0.4 is 5.32 Å². The second-order valence-electron chi connectivity index (χ2n) is 6.87. The topological polar surface area (TPSA) is 12.0 Å². The third kappa shape index (κ3) is 1.80. The lowest BCUT2D eigenvalue weighted by atomic mass is 9.69. The smallest absolute Gasteiger partial charge is 0.0205 e. The maximum Gasteiger partial charge on any atom is 0.0205 e. The Morgan fingerprint density at radius 3 is 2.33 bits per heavy atom. The molecule has 0 amide bonds. The highest BCUT2D eigenvalue weighted by atomic mass is 14.9. The molecule has 18 heavy (non-hydrogen) atoms. The second-order valence-corrected chi connectivity index (χ2v) is 6.87. The SMILES string of the molecule is CC1(C)C2CCC1(CNCc1ccccc1)CC2. The predicted molar refractivity (Wildman–Crippen MR) is 76.3 cm³/mol. The molecule has 1 aromatic carbocycles. The molecule has 2 aliphatic rings. The normalized spacial score (nSPS) is 32.9. The van der Waals surface area contributed by atoms with Gasteiger partial charge in [0.25, 0.3) is 0 Å². The number of hydrogen-bond acceptors (Lipinski definition) is 1. The molecule has 2 aliphatic carbocycles. The van der Waals surface area contributed by atoms with Crippen molar-refractivity contribution < 1.29 is 0 Å². The van der Waals surface area contributed by atoms with Gasteiger partial charge in [0.05, 0.1) is 0 Å². The quantitative estimate of drug-likeness (QED) is 0.843. The molecule has 2 bridgehead atoms. The summed E-state index contributed by atoms with van der Waals surface area (Å²) in [4.78, 5) is 0. The molecule has 98 valence electrons. The lowest BCUT2D eigenvalue weighted by molar-refractivity contribution is 0.125. The first kappa shape index (κ1) is 12.2. The van der Waals surface area contributed by atoms with E-state index in [-0.39, 0.29) is 0 Å². The van der Waals surface area contributed by atoms with Crippen LogP contribution in [0.15, 0.2) is 30.3 Å². The fourth-order valence-electron chi connectivity index (χ4n) is 4.42. The zero-order chi connectivity index (χ0) is 12.6. The zero-order valence-corrected chi connectivity index (χ0v) is 11.7. The minimum atomic E-state index is 0.552. The van der Waals surface area contributed by atoms with Crippen LogP contribution in [0.3, 0.4) is 0 Å². The number of rotatable bonds is 4. The first-order valence-corrected chi connectivity index (χ1v) is 7.39. The van der Waals surface area contributed by atoms with Gasteiger partial charge in [0.2, 0.25) is 0 Å². The van der Waals surface area contributed by atoms with Crippen molar-refractivity contribution in [1.82, 2.24) is 5.32 Å². The highest BCUT2D eigenvalue weighted by Crippen LogP contribution is 2.65. The maximum atomic E-state index is 3.72. The van der Waals surface area contributed by atoms with Crippen LogP contribution in [0.1, 0.15) is 45.1 Å². The van der Waals surface area contributed by atoms with E-state index in [4.69, 9.17) is 0 Å².